The van der Waals surface area contributed by atoms with Gasteiger partial charge in [-0.25, -0.2) is 0 Å². The molecule has 0 amide bonds. The zero-order chi connectivity index (χ0) is 9.97. The van der Waals surface area contributed by atoms with Gasteiger partial charge in [0.25, 0.3) is 5.88 Å². The minimum absolute atomic E-state index is 0.430. The van der Waals surface area contributed by atoms with Gasteiger partial charge < -0.3 is 14.6 Å². The van der Waals surface area contributed by atoms with Crippen molar-refractivity contribution in [2.45, 2.75) is 13.0 Å². The molecule has 0 atom stereocenters. The summed E-state index contributed by atoms with van der Waals surface area (Å²) in [6.07, 6.45) is 0.932. The molecule has 1 aliphatic heterocycles. The third-order valence-corrected chi connectivity index (χ3v) is 2.35. The van der Waals surface area contributed by atoms with E-state index in [0.717, 1.165) is 35.3 Å². The molecule has 14 heavy (non-hydrogen) atoms. The smallest absolute Gasteiger partial charge is 0.263 e. The molecular weight excluding hydrogens is 248 g/mol. The molecule has 1 aromatic heterocycles. The van der Waals surface area contributed by atoms with E-state index < -0.39 is 0 Å². The van der Waals surface area contributed by atoms with Gasteiger partial charge in [-0.1, -0.05) is 22.5 Å². The monoisotopic (exact) mass is 259 g/mol. The molecule has 2 rings (SSSR count). The second kappa shape index (κ2) is 4.14. The van der Waals surface area contributed by atoms with Crippen LogP contribution in [0.3, 0.4) is 0 Å². The van der Waals surface area contributed by atoms with Gasteiger partial charge in [0.1, 0.15) is 18.7 Å². The number of ether oxygens (including phenoxy) is 1. The highest BCUT2D eigenvalue weighted by Gasteiger charge is 2.22. The Bertz CT molecular complexity index is 349. The van der Waals surface area contributed by atoms with Gasteiger partial charge in [0.15, 0.2) is 5.76 Å². The first-order chi connectivity index (χ1) is 6.77. The number of rotatable bonds is 3. The number of fused-ring (bicyclic) bond motifs is 1. The number of hydrogen-bond donors (Lipinski definition) is 1. The van der Waals surface area contributed by atoms with Gasteiger partial charge in [0.2, 0.25) is 0 Å². The first kappa shape index (κ1) is 9.73. The van der Waals surface area contributed by atoms with Crippen LogP contribution in [0, 0.1) is 0 Å². The predicted octanol–water partition coefficient (Wildman–Crippen LogP) is 0.581. The second-order valence-corrected chi connectivity index (χ2v) is 4.35. The molecule has 0 bridgehead atoms. The van der Waals surface area contributed by atoms with Crippen LogP contribution in [0.2, 0.25) is 0 Å². The van der Waals surface area contributed by atoms with Crippen LogP contribution in [0.15, 0.2) is 15.6 Å². The fraction of sp³-hybridized carbons (Fsp3) is 0.444. The molecule has 0 saturated heterocycles. The Hall–Kier alpha value is -0.810. The fourth-order valence-electron chi connectivity index (χ4n) is 1.46. The first-order valence-corrected chi connectivity index (χ1v) is 5.32. The largest absolute Gasteiger partial charge is 0.470 e. The maximum Gasteiger partial charge on any atom is 0.263 e. The van der Waals surface area contributed by atoms with Gasteiger partial charge in [-0.3, -0.25) is 0 Å². The standard InChI is InChI=1S/C9H11BrN2O2/c1-6(10)5-13-9-7-4-11-3-2-8(7)14-12-9/h11H,1-5H2/p+1. The Balaban J connectivity index is 2.10. The summed E-state index contributed by atoms with van der Waals surface area (Å²) in [6, 6.07) is 0. The minimum Gasteiger partial charge on any atom is -0.470 e. The van der Waals surface area contributed by atoms with E-state index >= 15 is 0 Å². The van der Waals surface area contributed by atoms with Crippen molar-refractivity contribution >= 4 is 15.9 Å². The molecule has 0 unspecified atom stereocenters. The highest BCUT2D eigenvalue weighted by Crippen LogP contribution is 2.22. The van der Waals surface area contributed by atoms with Gasteiger partial charge >= 0.3 is 0 Å². The zero-order valence-electron chi connectivity index (χ0n) is 7.75. The maximum absolute atomic E-state index is 5.43. The molecule has 1 aliphatic rings. The quantitative estimate of drug-likeness (QED) is 0.865. The summed E-state index contributed by atoms with van der Waals surface area (Å²) in [5.74, 6) is 1.57. The Labute approximate surface area is 90.4 Å². The van der Waals surface area contributed by atoms with E-state index in [2.05, 4.69) is 33.0 Å². The van der Waals surface area contributed by atoms with Crippen molar-refractivity contribution in [2.75, 3.05) is 13.2 Å². The van der Waals surface area contributed by atoms with Gasteiger partial charge in [-0.15, -0.1) is 0 Å². The maximum atomic E-state index is 5.43. The zero-order valence-corrected chi connectivity index (χ0v) is 9.34. The number of hydrogen-bond acceptors (Lipinski definition) is 3. The molecule has 4 nitrogen and oxygen atoms in total. The number of quaternary nitrogens is 1. The summed E-state index contributed by atoms with van der Waals surface area (Å²) in [5.41, 5.74) is 1.09. The van der Waals surface area contributed by atoms with E-state index in [1.165, 1.54) is 0 Å². The molecule has 0 aromatic carbocycles. The van der Waals surface area contributed by atoms with Crippen LogP contribution in [0.5, 0.6) is 5.88 Å². The van der Waals surface area contributed by atoms with E-state index in [4.69, 9.17) is 9.26 Å². The van der Waals surface area contributed by atoms with Crippen molar-refractivity contribution < 1.29 is 14.6 Å². The summed E-state index contributed by atoms with van der Waals surface area (Å²) in [6.45, 7) is 6.08. The lowest BCUT2D eigenvalue weighted by molar-refractivity contribution is -0.673. The van der Waals surface area contributed by atoms with Crippen LogP contribution in [-0.2, 0) is 13.0 Å². The summed E-state index contributed by atoms with van der Waals surface area (Å²) in [7, 11) is 0. The molecule has 2 heterocycles. The van der Waals surface area contributed by atoms with Crippen molar-refractivity contribution in [3.05, 3.63) is 22.4 Å². The lowest BCUT2D eigenvalue weighted by Gasteiger charge is -2.08. The van der Waals surface area contributed by atoms with Gasteiger partial charge in [-0.05, 0) is 5.16 Å². The molecule has 0 fully saturated rings. The molecule has 5 heteroatoms. The van der Waals surface area contributed by atoms with Crippen LogP contribution >= 0.6 is 15.9 Å². The Morgan fingerprint density at radius 1 is 1.71 bits per heavy atom. The van der Waals surface area contributed by atoms with Crippen molar-refractivity contribution in [2.24, 2.45) is 0 Å². The summed E-state index contributed by atoms with van der Waals surface area (Å²) >= 11 is 3.23. The average Bonchev–Trinajstić information content (AvgIpc) is 2.58. The topological polar surface area (TPSA) is 51.9 Å². The Morgan fingerprint density at radius 2 is 2.57 bits per heavy atom. The van der Waals surface area contributed by atoms with Gasteiger partial charge in [0.05, 0.1) is 13.0 Å². The number of nitrogens with two attached hydrogens (primary N) is 1. The Kier molecular flexibility index (Phi) is 2.88. The molecule has 0 aliphatic carbocycles. The van der Waals surface area contributed by atoms with Crippen LogP contribution in [0.1, 0.15) is 11.3 Å². The predicted molar refractivity (Wildman–Crippen MR) is 54.3 cm³/mol. The average molecular weight is 260 g/mol. The Morgan fingerprint density at radius 3 is 3.36 bits per heavy atom. The third kappa shape index (κ3) is 1.99. The fourth-order valence-corrected chi connectivity index (χ4v) is 1.58. The second-order valence-electron chi connectivity index (χ2n) is 3.23. The van der Waals surface area contributed by atoms with E-state index in [1.807, 2.05) is 0 Å². The van der Waals surface area contributed by atoms with Gasteiger partial charge in [0, 0.05) is 4.48 Å². The highest BCUT2D eigenvalue weighted by molar-refractivity contribution is 9.11. The molecule has 0 radical (unpaired) electrons. The number of halogens is 1. The molecular formula is C9H12BrN2O2+. The minimum atomic E-state index is 0.430. The number of nitrogens with zero attached hydrogens (tertiary/aromatic N) is 1. The third-order valence-electron chi connectivity index (χ3n) is 2.12. The van der Waals surface area contributed by atoms with Crippen LogP contribution in [0.4, 0.5) is 0 Å². The van der Waals surface area contributed by atoms with Crippen molar-refractivity contribution in [3.8, 4) is 5.88 Å². The summed E-state index contributed by atoms with van der Waals surface area (Å²) in [4.78, 5) is 0. The van der Waals surface area contributed by atoms with Crippen LogP contribution in [-0.4, -0.2) is 18.3 Å². The first-order valence-electron chi connectivity index (χ1n) is 4.52. The van der Waals surface area contributed by atoms with E-state index in [-0.39, 0.29) is 0 Å². The lowest BCUT2D eigenvalue weighted by atomic mass is 10.1. The van der Waals surface area contributed by atoms with Crippen molar-refractivity contribution in [1.29, 1.82) is 0 Å². The molecule has 1 aromatic rings. The SMILES string of the molecule is C=C(Br)COc1noc2c1C[NH2+]CC2. The highest BCUT2D eigenvalue weighted by atomic mass is 79.9. The normalized spacial score (nSPS) is 14.9. The van der Waals surface area contributed by atoms with Crippen molar-refractivity contribution in [1.82, 2.24) is 5.16 Å². The molecule has 76 valence electrons. The van der Waals surface area contributed by atoms with Crippen LogP contribution < -0.4 is 10.1 Å². The molecule has 2 N–H and O–H groups in total. The van der Waals surface area contributed by atoms with Crippen LogP contribution in [0.25, 0.3) is 0 Å². The van der Waals surface area contributed by atoms with E-state index in [1.54, 1.807) is 0 Å². The number of aromatic nitrogens is 1. The van der Waals surface area contributed by atoms with Crippen molar-refractivity contribution in [3.63, 3.8) is 0 Å². The molecule has 0 spiro atoms. The summed E-state index contributed by atoms with van der Waals surface area (Å²) < 4.78 is 11.4. The van der Waals surface area contributed by atoms with E-state index in [0.29, 0.717) is 12.5 Å². The van der Waals surface area contributed by atoms with Gasteiger partial charge in [-0.2, -0.15) is 0 Å². The molecule has 0 saturated carbocycles. The van der Waals surface area contributed by atoms with E-state index in [9.17, 15) is 0 Å². The summed E-state index contributed by atoms with van der Waals surface area (Å²) in [5, 5.41) is 6.11. The lowest BCUT2D eigenvalue weighted by Crippen LogP contribution is -2.84.